The lowest BCUT2D eigenvalue weighted by Gasteiger charge is -2.45. The van der Waals surface area contributed by atoms with Crippen LogP contribution in [0, 0.1) is 0 Å². The summed E-state index contributed by atoms with van der Waals surface area (Å²) in [6, 6.07) is 0. The summed E-state index contributed by atoms with van der Waals surface area (Å²) in [5.41, 5.74) is 0.700. The summed E-state index contributed by atoms with van der Waals surface area (Å²) in [5.74, 6) is 0.507. The highest BCUT2D eigenvalue weighted by Gasteiger charge is 2.43. The summed E-state index contributed by atoms with van der Waals surface area (Å²) in [6.45, 7) is 14.2. The minimum Gasteiger partial charge on any atom is -0.300 e. The number of hydrogen-bond donors (Lipinski definition) is 0. The molecule has 0 N–H and O–H groups in total. The highest BCUT2D eigenvalue weighted by atomic mass is 28.3. The molecule has 0 aliphatic heterocycles. The minimum atomic E-state index is -0.530. The van der Waals surface area contributed by atoms with Crippen LogP contribution in [-0.2, 0) is 4.79 Å². The van der Waals surface area contributed by atoms with E-state index in [0.29, 0.717) is 21.4 Å². The average molecular weight is 239 g/mol. The fourth-order valence-electron chi connectivity index (χ4n) is 3.62. The molecule has 0 spiro atoms. The molecule has 1 fully saturated rings. The van der Waals surface area contributed by atoms with Crippen LogP contribution in [0.5, 0.6) is 0 Å². The molecule has 1 unspecified atom stereocenters. The molecule has 1 saturated carbocycles. The molecule has 0 amide bonds. The fraction of sp³-hybridized carbons (Fsp3) is 0.929. The molecule has 0 heterocycles. The highest BCUT2D eigenvalue weighted by Crippen LogP contribution is 2.51. The molecule has 0 saturated heterocycles. The van der Waals surface area contributed by atoms with Crippen LogP contribution in [0.2, 0.25) is 15.6 Å². The van der Waals surface area contributed by atoms with Gasteiger partial charge in [-0.15, -0.1) is 0 Å². The first kappa shape index (κ1) is 13.9. The van der Waals surface area contributed by atoms with E-state index in [1.807, 2.05) is 0 Å². The van der Waals surface area contributed by atoms with Crippen molar-refractivity contribution in [3.05, 3.63) is 0 Å². The molecule has 0 aromatic heterocycles. The van der Waals surface area contributed by atoms with Crippen molar-refractivity contribution in [2.24, 2.45) is 0 Å². The van der Waals surface area contributed by atoms with Crippen LogP contribution in [0.4, 0.5) is 0 Å². The van der Waals surface area contributed by atoms with Crippen molar-refractivity contribution in [2.45, 2.75) is 82.8 Å². The zero-order valence-corrected chi connectivity index (χ0v) is 12.8. The molecular formula is C14H27OSi. The molecule has 1 aliphatic rings. The topological polar surface area (TPSA) is 17.1 Å². The van der Waals surface area contributed by atoms with Crippen LogP contribution in [0.25, 0.3) is 0 Å². The number of rotatable bonds is 1. The lowest BCUT2D eigenvalue weighted by atomic mass is 9.99. The Morgan fingerprint density at radius 3 is 1.94 bits per heavy atom. The maximum atomic E-state index is 11.6. The van der Waals surface area contributed by atoms with E-state index in [4.69, 9.17) is 0 Å². The van der Waals surface area contributed by atoms with Gasteiger partial charge in [0.05, 0.1) is 8.80 Å². The lowest BCUT2D eigenvalue weighted by Crippen LogP contribution is -2.41. The van der Waals surface area contributed by atoms with Gasteiger partial charge in [-0.3, -0.25) is 4.79 Å². The molecule has 0 aromatic carbocycles. The van der Waals surface area contributed by atoms with E-state index in [-0.39, 0.29) is 0 Å². The van der Waals surface area contributed by atoms with Crippen molar-refractivity contribution < 1.29 is 4.79 Å². The van der Waals surface area contributed by atoms with Crippen LogP contribution in [0.1, 0.15) is 67.2 Å². The van der Waals surface area contributed by atoms with E-state index >= 15 is 0 Å². The molecule has 1 nitrogen and oxygen atoms in total. The van der Waals surface area contributed by atoms with Crippen molar-refractivity contribution in [3.8, 4) is 0 Å². The molecule has 0 bridgehead atoms. The number of carbonyl (C=O) groups is 1. The second-order valence-corrected chi connectivity index (χ2v) is 11.9. The zero-order chi connectivity index (χ0) is 12.6. The quantitative estimate of drug-likeness (QED) is 0.611. The molecule has 1 rings (SSSR count). The summed E-state index contributed by atoms with van der Waals surface area (Å²) in [6.07, 6.45) is 4.11. The molecule has 1 aliphatic carbocycles. The van der Waals surface area contributed by atoms with Gasteiger partial charge < -0.3 is 0 Å². The Kier molecular flexibility index (Phi) is 4.04. The summed E-state index contributed by atoms with van der Waals surface area (Å²) in [5, 5.41) is 0.788. The predicted molar refractivity (Wildman–Crippen MR) is 72.4 cm³/mol. The Hall–Kier alpha value is -0.113. The number of hydrogen-bond acceptors (Lipinski definition) is 1. The monoisotopic (exact) mass is 239 g/mol. The maximum absolute atomic E-state index is 11.6. The smallest absolute Gasteiger partial charge is 0.132 e. The average Bonchev–Trinajstić information content (AvgIpc) is 1.97. The van der Waals surface area contributed by atoms with Crippen LogP contribution in [0.3, 0.4) is 0 Å². The van der Waals surface area contributed by atoms with Crippen LogP contribution < -0.4 is 0 Å². The SMILES string of the molecule is CC(C)(C)[Si](C1CCCC(=O)C1)C(C)(C)C. The molecule has 16 heavy (non-hydrogen) atoms. The van der Waals surface area contributed by atoms with Crippen molar-refractivity contribution in [2.75, 3.05) is 0 Å². The Balaban J connectivity index is 2.89. The van der Waals surface area contributed by atoms with Gasteiger partial charge in [0.25, 0.3) is 0 Å². The van der Waals surface area contributed by atoms with Crippen molar-refractivity contribution in [3.63, 3.8) is 0 Å². The predicted octanol–water partition coefficient (Wildman–Crippen LogP) is 4.59. The van der Waals surface area contributed by atoms with Gasteiger partial charge in [0.1, 0.15) is 5.78 Å². The van der Waals surface area contributed by atoms with Crippen LogP contribution >= 0.6 is 0 Å². The fourth-order valence-corrected chi connectivity index (χ4v) is 9.24. The van der Waals surface area contributed by atoms with Crippen molar-refractivity contribution in [1.29, 1.82) is 0 Å². The van der Waals surface area contributed by atoms with Gasteiger partial charge in [-0.05, 0) is 22.0 Å². The van der Waals surface area contributed by atoms with Gasteiger partial charge in [-0.2, -0.15) is 0 Å². The molecule has 2 heteroatoms. The summed E-state index contributed by atoms with van der Waals surface area (Å²) < 4.78 is 0. The van der Waals surface area contributed by atoms with Gasteiger partial charge in [0.15, 0.2) is 0 Å². The van der Waals surface area contributed by atoms with Crippen molar-refractivity contribution in [1.82, 2.24) is 0 Å². The molecular weight excluding hydrogens is 212 g/mol. The third kappa shape index (κ3) is 3.44. The Bertz CT molecular complexity index is 243. The molecule has 1 atom stereocenters. The normalized spacial score (nSPS) is 23.9. The Morgan fingerprint density at radius 1 is 1.06 bits per heavy atom. The largest absolute Gasteiger partial charge is 0.300 e. The van der Waals surface area contributed by atoms with Gasteiger partial charge in [0, 0.05) is 12.8 Å². The van der Waals surface area contributed by atoms with E-state index < -0.39 is 8.80 Å². The van der Waals surface area contributed by atoms with E-state index in [2.05, 4.69) is 41.5 Å². The number of Topliss-reactive ketones (excluding diaryl/α,β-unsaturated/α-hetero) is 1. The van der Waals surface area contributed by atoms with Gasteiger partial charge >= 0.3 is 0 Å². The maximum Gasteiger partial charge on any atom is 0.132 e. The number of ketones is 1. The van der Waals surface area contributed by atoms with Crippen LogP contribution in [0.15, 0.2) is 0 Å². The third-order valence-corrected chi connectivity index (χ3v) is 8.05. The first-order valence-electron chi connectivity index (χ1n) is 6.52. The standard InChI is InChI=1S/C14H27OSi/c1-13(2,3)16(14(4,5)6)12-9-7-8-11(15)10-12/h12H,7-10H2,1-6H3. The summed E-state index contributed by atoms with van der Waals surface area (Å²) in [4.78, 5) is 11.6. The second kappa shape index (κ2) is 4.64. The highest BCUT2D eigenvalue weighted by molar-refractivity contribution is 6.67. The zero-order valence-electron chi connectivity index (χ0n) is 11.8. The van der Waals surface area contributed by atoms with Gasteiger partial charge in [-0.1, -0.05) is 48.0 Å². The minimum absolute atomic E-state index is 0.394. The first-order valence-corrected chi connectivity index (χ1v) is 8.09. The van der Waals surface area contributed by atoms with Crippen molar-refractivity contribution >= 4 is 14.6 Å². The lowest BCUT2D eigenvalue weighted by molar-refractivity contribution is -0.120. The first-order chi connectivity index (χ1) is 7.12. The Morgan fingerprint density at radius 2 is 1.56 bits per heavy atom. The van der Waals surface area contributed by atoms with E-state index in [0.717, 1.165) is 19.3 Å². The molecule has 0 aromatic rings. The van der Waals surface area contributed by atoms with Gasteiger partial charge in [-0.25, -0.2) is 0 Å². The van der Waals surface area contributed by atoms with E-state index in [1.54, 1.807) is 0 Å². The van der Waals surface area contributed by atoms with Crippen LogP contribution in [-0.4, -0.2) is 14.6 Å². The number of carbonyl (C=O) groups excluding carboxylic acids is 1. The van der Waals surface area contributed by atoms with Gasteiger partial charge in [0.2, 0.25) is 0 Å². The third-order valence-electron chi connectivity index (χ3n) is 3.51. The van der Waals surface area contributed by atoms with E-state index in [1.165, 1.54) is 6.42 Å². The second-order valence-electron chi connectivity index (χ2n) is 7.25. The van der Waals surface area contributed by atoms with E-state index in [9.17, 15) is 4.79 Å². The Labute approximate surface area is 103 Å². The summed E-state index contributed by atoms with van der Waals surface area (Å²) >= 11 is 0. The molecule has 1 radical (unpaired) electrons. The summed E-state index contributed by atoms with van der Waals surface area (Å²) in [7, 11) is -0.530. The molecule has 93 valence electrons.